The molecule has 0 aliphatic heterocycles. The first-order chi connectivity index (χ1) is 11.2. The Morgan fingerprint density at radius 1 is 1.26 bits per heavy atom. The van der Waals surface area contributed by atoms with Gasteiger partial charge in [-0.3, -0.25) is 0 Å². The lowest BCUT2D eigenvalue weighted by Crippen LogP contribution is -2.11. The van der Waals surface area contributed by atoms with E-state index in [2.05, 4.69) is 28.2 Å². The summed E-state index contributed by atoms with van der Waals surface area (Å²) < 4.78 is 2.04. The van der Waals surface area contributed by atoms with E-state index < -0.39 is 0 Å². The molecule has 0 saturated heterocycles. The van der Waals surface area contributed by atoms with Gasteiger partial charge in [0.1, 0.15) is 11.3 Å². The Kier molecular flexibility index (Phi) is 4.59. The number of imidazole rings is 1. The largest absolute Gasteiger partial charge is 0.311 e. The number of nitriles is 1. The van der Waals surface area contributed by atoms with Gasteiger partial charge >= 0.3 is 0 Å². The van der Waals surface area contributed by atoms with Gasteiger partial charge < -0.3 is 4.57 Å². The highest BCUT2D eigenvalue weighted by atomic mass is 35.5. The molecular weight excluding hydrogens is 308 g/mol. The molecule has 3 rings (SSSR count). The summed E-state index contributed by atoms with van der Waals surface area (Å²) in [6, 6.07) is 14.4. The van der Waals surface area contributed by atoms with Crippen molar-refractivity contribution >= 4 is 22.8 Å². The van der Waals surface area contributed by atoms with Crippen LogP contribution in [0.25, 0.3) is 11.2 Å². The monoisotopic (exact) mass is 324 g/mol. The Morgan fingerprint density at radius 3 is 2.78 bits per heavy atom. The van der Waals surface area contributed by atoms with Crippen molar-refractivity contribution in [1.82, 2.24) is 14.5 Å². The maximum absolute atomic E-state index is 9.12. The van der Waals surface area contributed by atoms with Crippen molar-refractivity contribution in [1.29, 1.82) is 5.26 Å². The zero-order chi connectivity index (χ0) is 16.2. The van der Waals surface area contributed by atoms with Crippen molar-refractivity contribution in [3.8, 4) is 6.07 Å². The van der Waals surface area contributed by atoms with Crippen LogP contribution in [0.1, 0.15) is 18.3 Å². The molecule has 23 heavy (non-hydrogen) atoms. The second-order valence-corrected chi connectivity index (χ2v) is 6.09. The average Bonchev–Trinajstić information content (AvgIpc) is 2.90. The maximum Gasteiger partial charge on any atom is 0.160 e. The first-order valence-electron chi connectivity index (χ1n) is 7.61. The lowest BCUT2D eigenvalue weighted by Gasteiger charge is -2.10. The fourth-order valence-corrected chi connectivity index (χ4v) is 2.78. The van der Waals surface area contributed by atoms with Gasteiger partial charge in [0.25, 0.3) is 0 Å². The summed E-state index contributed by atoms with van der Waals surface area (Å²) >= 11 is 6.02. The number of hydrogen-bond acceptors (Lipinski definition) is 3. The molecule has 5 heteroatoms. The van der Waals surface area contributed by atoms with Crippen molar-refractivity contribution in [2.24, 2.45) is 5.92 Å². The van der Waals surface area contributed by atoms with E-state index in [1.165, 1.54) is 5.56 Å². The van der Waals surface area contributed by atoms with Crippen molar-refractivity contribution in [3.63, 3.8) is 0 Å². The number of rotatable bonds is 5. The first kappa shape index (κ1) is 15.5. The summed E-state index contributed by atoms with van der Waals surface area (Å²) in [6.07, 6.45) is 3.33. The minimum Gasteiger partial charge on any atom is -0.311 e. The second-order valence-electron chi connectivity index (χ2n) is 5.65. The van der Waals surface area contributed by atoms with E-state index in [9.17, 15) is 0 Å². The van der Waals surface area contributed by atoms with Crippen LogP contribution < -0.4 is 0 Å². The van der Waals surface area contributed by atoms with Gasteiger partial charge in [0, 0.05) is 19.2 Å². The summed E-state index contributed by atoms with van der Waals surface area (Å²) in [4.78, 5) is 9.09. The highest BCUT2D eigenvalue weighted by molar-refractivity contribution is 6.31. The number of halogens is 1. The van der Waals surface area contributed by atoms with Gasteiger partial charge in [0.2, 0.25) is 0 Å². The molecule has 3 aromatic rings. The molecule has 1 unspecified atom stereocenters. The van der Waals surface area contributed by atoms with Crippen LogP contribution in [0.3, 0.4) is 0 Å². The van der Waals surface area contributed by atoms with Crippen molar-refractivity contribution < 1.29 is 0 Å². The van der Waals surface area contributed by atoms with Gasteiger partial charge in [-0.05, 0) is 25.0 Å². The molecule has 1 aromatic carbocycles. The molecule has 0 amide bonds. The Morgan fingerprint density at radius 2 is 2.04 bits per heavy atom. The first-order valence-corrected chi connectivity index (χ1v) is 7.99. The number of aryl methyl sites for hydroxylation is 2. The Balaban J connectivity index is 1.94. The molecule has 116 valence electrons. The normalized spacial score (nSPS) is 12.2. The Labute approximate surface area is 140 Å². The molecule has 0 radical (unpaired) electrons. The molecular formula is C18H17ClN4. The van der Waals surface area contributed by atoms with E-state index in [1.54, 1.807) is 6.20 Å². The summed E-state index contributed by atoms with van der Waals surface area (Å²) in [6.45, 7) is 2.49. The smallest absolute Gasteiger partial charge is 0.160 e. The fourth-order valence-electron chi connectivity index (χ4n) is 2.63. The molecule has 1 atom stereocenters. The van der Waals surface area contributed by atoms with E-state index in [0.29, 0.717) is 11.6 Å². The number of nitrogens with zero attached hydrogens (tertiary/aromatic N) is 4. The summed E-state index contributed by atoms with van der Waals surface area (Å²) in [5.74, 6) is 0.848. The zero-order valence-corrected chi connectivity index (χ0v) is 13.7. The van der Waals surface area contributed by atoms with Crippen LogP contribution in [-0.2, 0) is 19.4 Å². The number of fused-ring (bicyclic) bond motifs is 1. The SMILES string of the molecule is CC(C#N)Cn1c(CCc2ccccc2)nc2cc(Cl)cnc21. The number of pyridine rings is 1. The predicted molar refractivity (Wildman–Crippen MR) is 91.2 cm³/mol. The quantitative estimate of drug-likeness (QED) is 0.712. The highest BCUT2D eigenvalue weighted by Crippen LogP contribution is 2.20. The van der Waals surface area contributed by atoms with Gasteiger partial charge in [-0.2, -0.15) is 5.26 Å². The van der Waals surface area contributed by atoms with Crippen LogP contribution in [0.2, 0.25) is 5.02 Å². The van der Waals surface area contributed by atoms with Crippen LogP contribution in [0.5, 0.6) is 0 Å². The van der Waals surface area contributed by atoms with Crippen LogP contribution in [0, 0.1) is 17.2 Å². The zero-order valence-electron chi connectivity index (χ0n) is 12.9. The fraction of sp³-hybridized carbons (Fsp3) is 0.278. The summed E-state index contributed by atoms with van der Waals surface area (Å²) in [7, 11) is 0. The van der Waals surface area contributed by atoms with E-state index in [1.807, 2.05) is 35.8 Å². The van der Waals surface area contributed by atoms with E-state index in [4.69, 9.17) is 16.9 Å². The predicted octanol–water partition coefficient (Wildman–Crippen LogP) is 4.03. The third-order valence-electron chi connectivity index (χ3n) is 3.79. The lowest BCUT2D eigenvalue weighted by molar-refractivity contribution is 0.565. The summed E-state index contributed by atoms with van der Waals surface area (Å²) in [5.41, 5.74) is 2.84. The standard InChI is InChI=1S/C18H17ClN4/c1-13(10-20)12-23-17(8-7-14-5-3-2-4-6-14)22-16-9-15(19)11-21-18(16)23/h2-6,9,11,13H,7-8,12H2,1H3. The number of hydrogen-bond donors (Lipinski definition) is 0. The Bertz CT molecular complexity index is 849. The molecule has 0 spiro atoms. The second kappa shape index (κ2) is 6.80. The van der Waals surface area contributed by atoms with E-state index in [-0.39, 0.29) is 5.92 Å². The van der Waals surface area contributed by atoms with Crippen LogP contribution >= 0.6 is 11.6 Å². The molecule has 0 N–H and O–H groups in total. The molecule has 0 bridgehead atoms. The third-order valence-corrected chi connectivity index (χ3v) is 3.99. The van der Waals surface area contributed by atoms with Crippen molar-refractivity contribution in [2.45, 2.75) is 26.3 Å². The lowest BCUT2D eigenvalue weighted by atomic mass is 10.1. The molecule has 2 heterocycles. The van der Waals surface area contributed by atoms with Gasteiger partial charge in [0.05, 0.1) is 17.0 Å². The Hall–Kier alpha value is -2.38. The van der Waals surface area contributed by atoms with Crippen molar-refractivity contribution in [2.75, 3.05) is 0 Å². The minimum atomic E-state index is -0.0969. The molecule has 4 nitrogen and oxygen atoms in total. The average molecular weight is 325 g/mol. The highest BCUT2D eigenvalue weighted by Gasteiger charge is 2.14. The number of benzene rings is 1. The van der Waals surface area contributed by atoms with Gasteiger partial charge in [-0.1, -0.05) is 41.9 Å². The van der Waals surface area contributed by atoms with Gasteiger partial charge in [-0.25, -0.2) is 9.97 Å². The van der Waals surface area contributed by atoms with E-state index >= 15 is 0 Å². The van der Waals surface area contributed by atoms with Crippen LogP contribution in [0.4, 0.5) is 0 Å². The van der Waals surface area contributed by atoms with Crippen molar-refractivity contribution in [3.05, 3.63) is 59.0 Å². The number of aromatic nitrogens is 3. The minimum absolute atomic E-state index is 0.0969. The van der Waals surface area contributed by atoms with Crippen LogP contribution in [-0.4, -0.2) is 14.5 Å². The maximum atomic E-state index is 9.12. The molecule has 0 aliphatic carbocycles. The van der Waals surface area contributed by atoms with Gasteiger partial charge in [0.15, 0.2) is 5.65 Å². The summed E-state index contributed by atoms with van der Waals surface area (Å²) in [5, 5.41) is 9.70. The molecule has 0 aliphatic rings. The third kappa shape index (κ3) is 3.52. The van der Waals surface area contributed by atoms with Crippen LogP contribution in [0.15, 0.2) is 42.6 Å². The molecule has 2 aromatic heterocycles. The van der Waals surface area contributed by atoms with Gasteiger partial charge in [-0.15, -0.1) is 0 Å². The van der Waals surface area contributed by atoms with E-state index in [0.717, 1.165) is 29.8 Å². The molecule has 0 saturated carbocycles. The molecule has 0 fully saturated rings. The topological polar surface area (TPSA) is 54.5 Å².